The highest BCUT2D eigenvalue weighted by atomic mass is 16.5. The van der Waals surface area contributed by atoms with Gasteiger partial charge in [0.05, 0.1) is 6.61 Å². The van der Waals surface area contributed by atoms with Gasteiger partial charge in [-0.1, -0.05) is 30.3 Å². The number of anilines is 1. The minimum absolute atomic E-state index is 0.0626. The molecule has 1 aromatic heterocycles. The number of rotatable bonds is 9. The summed E-state index contributed by atoms with van der Waals surface area (Å²) in [5, 5.41) is 10.2. The van der Waals surface area contributed by atoms with Crippen molar-refractivity contribution in [3.05, 3.63) is 71.4 Å². The SMILES string of the molecule is CN1CCN(CCCOc2ccc(Cc3cc(N=CC4C(=O)Nc5ccccc54)n[nH]3)cc2)CC1. The average Bonchev–Trinajstić information content (AvgIpc) is 3.45. The van der Waals surface area contributed by atoms with Gasteiger partial charge in [0, 0.05) is 62.8 Å². The van der Waals surface area contributed by atoms with Crippen molar-refractivity contribution in [2.45, 2.75) is 18.8 Å². The molecule has 5 rings (SSSR count). The molecule has 1 amide bonds. The summed E-state index contributed by atoms with van der Waals surface area (Å²) in [6, 6.07) is 17.8. The number of fused-ring (bicyclic) bond motifs is 1. The van der Waals surface area contributed by atoms with Crippen LogP contribution in [0.2, 0.25) is 0 Å². The van der Waals surface area contributed by atoms with E-state index in [2.05, 4.69) is 49.5 Å². The van der Waals surface area contributed by atoms with Crippen molar-refractivity contribution in [3.63, 3.8) is 0 Å². The normalized spacial score (nSPS) is 18.7. The summed E-state index contributed by atoms with van der Waals surface area (Å²) < 4.78 is 5.93. The maximum Gasteiger partial charge on any atom is 0.237 e. The number of piperazine rings is 1. The Morgan fingerprint density at radius 2 is 1.91 bits per heavy atom. The smallest absolute Gasteiger partial charge is 0.237 e. The van der Waals surface area contributed by atoms with Gasteiger partial charge in [0.15, 0.2) is 5.82 Å². The Kier molecular flexibility index (Phi) is 7.20. The lowest BCUT2D eigenvalue weighted by molar-refractivity contribution is -0.115. The fourth-order valence-electron chi connectivity index (χ4n) is 4.51. The largest absolute Gasteiger partial charge is 0.494 e. The quantitative estimate of drug-likeness (QED) is 0.368. The van der Waals surface area contributed by atoms with E-state index in [4.69, 9.17) is 4.74 Å². The maximum atomic E-state index is 12.2. The number of H-pyrrole nitrogens is 1. The average molecular weight is 473 g/mol. The molecule has 0 bridgehead atoms. The third-order valence-corrected chi connectivity index (χ3v) is 6.61. The lowest BCUT2D eigenvalue weighted by Gasteiger charge is -2.32. The molecule has 1 unspecified atom stereocenters. The molecule has 0 radical (unpaired) electrons. The highest BCUT2D eigenvalue weighted by Gasteiger charge is 2.28. The summed E-state index contributed by atoms with van der Waals surface area (Å²) in [7, 11) is 2.18. The van der Waals surface area contributed by atoms with Gasteiger partial charge in [-0.3, -0.25) is 9.89 Å². The number of para-hydroxylation sites is 1. The van der Waals surface area contributed by atoms with Crippen molar-refractivity contribution < 1.29 is 9.53 Å². The number of carbonyl (C=O) groups excluding carboxylic acids is 1. The van der Waals surface area contributed by atoms with Crippen LogP contribution in [0.1, 0.15) is 29.2 Å². The standard InChI is InChI=1S/C27H32N6O2/c1-32-12-14-33(15-13-32)11-4-16-35-22-9-7-20(8-10-22)17-21-18-26(31-30-21)28-19-24-23-5-2-3-6-25(23)29-27(24)34/h2-3,5-10,18-19,24H,4,11-17H2,1H3,(H,29,34)(H,30,31). The first-order valence-corrected chi connectivity index (χ1v) is 12.2. The molecular formula is C27H32N6O2. The lowest BCUT2D eigenvalue weighted by Crippen LogP contribution is -2.44. The Morgan fingerprint density at radius 3 is 2.74 bits per heavy atom. The van der Waals surface area contributed by atoms with E-state index in [-0.39, 0.29) is 11.8 Å². The minimum Gasteiger partial charge on any atom is -0.494 e. The van der Waals surface area contributed by atoms with Gasteiger partial charge in [0.25, 0.3) is 0 Å². The number of aromatic amines is 1. The Balaban J connectivity index is 1.08. The second kappa shape index (κ2) is 10.8. The first-order chi connectivity index (χ1) is 17.1. The van der Waals surface area contributed by atoms with Crippen LogP contribution in [0.5, 0.6) is 5.75 Å². The second-order valence-corrected chi connectivity index (χ2v) is 9.25. The molecule has 3 heterocycles. The number of nitrogens with zero attached hydrogens (tertiary/aromatic N) is 4. The number of ether oxygens (including phenoxy) is 1. The molecular weight excluding hydrogens is 440 g/mol. The van der Waals surface area contributed by atoms with Crippen molar-refractivity contribution in [1.29, 1.82) is 0 Å². The molecule has 1 saturated heterocycles. The van der Waals surface area contributed by atoms with Gasteiger partial charge in [-0.25, -0.2) is 4.99 Å². The molecule has 1 atom stereocenters. The predicted octanol–water partition coefficient (Wildman–Crippen LogP) is 3.46. The van der Waals surface area contributed by atoms with Crippen molar-refractivity contribution in [3.8, 4) is 5.75 Å². The molecule has 2 aliphatic heterocycles. The van der Waals surface area contributed by atoms with Crippen molar-refractivity contribution >= 4 is 23.6 Å². The molecule has 35 heavy (non-hydrogen) atoms. The monoisotopic (exact) mass is 472 g/mol. The van der Waals surface area contributed by atoms with E-state index < -0.39 is 0 Å². The maximum absolute atomic E-state index is 12.2. The van der Waals surface area contributed by atoms with Crippen LogP contribution in [-0.4, -0.2) is 78.5 Å². The summed E-state index contributed by atoms with van der Waals surface area (Å²) in [6.45, 7) is 6.42. The number of amides is 1. The third-order valence-electron chi connectivity index (χ3n) is 6.61. The summed E-state index contributed by atoms with van der Waals surface area (Å²) in [4.78, 5) is 21.6. The summed E-state index contributed by atoms with van der Waals surface area (Å²) in [5.74, 6) is 1.02. The Morgan fingerprint density at radius 1 is 1.11 bits per heavy atom. The van der Waals surface area contributed by atoms with Crippen LogP contribution in [-0.2, 0) is 11.2 Å². The van der Waals surface area contributed by atoms with Gasteiger partial charge in [0.2, 0.25) is 5.91 Å². The Labute approximate surface area is 206 Å². The van der Waals surface area contributed by atoms with E-state index >= 15 is 0 Å². The van der Waals surface area contributed by atoms with Gasteiger partial charge in [-0.2, -0.15) is 5.10 Å². The first kappa shape index (κ1) is 23.3. The summed E-state index contributed by atoms with van der Waals surface area (Å²) in [5.41, 5.74) is 3.92. The first-order valence-electron chi connectivity index (χ1n) is 12.2. The summed E-state index contributed by atoms with van der Waals surface area (Å²) >= 11 is 0. The number of benzene rings is 2. The zero-order chi connectivity index (χ0) is 24.0. The Hall–Kier alpha value is -3.49. The predicted molar refractivity (Wildman–Crippen MR) is 138 cm³/mol. The topological polar surface area (TPSA) is 85.8 Å². The number of aromatic nitrogens is 2. The molecule has 3 aromatic rings. The molecule has 8 heteroatoms. The molecule has 2 N–H and O–H groups in total. The van der Waals surface area contributed by atoms with Crippen LogP contribution < -0.4 is 10.1 Å². The molecule has 8 nitrogen and oxygen atoms in total. The van der Waals surface area contributed by atoms with E-state index in [0.29, 0.717) is 5.82 Å². The van der Waals surface area contributed by atoms with Gasteiger partial charge in [-0.15, -0.1) is 0 Å². The molecule has 0 saturated carbocycles. The number of likely N-dealkylation sites (N-methyl/N-ethyl adjacent to an activating group) is 1. The van der Waals surface area contributed by atoms with E-state index in [1.165, 1.54) is 0 Å². The van der Waals surface area contributed by atoms with E-state index in [1.54, 1.807) is 6.21 Å². The zero-order valence-electron chi connectivity index (χ0n) is 20.1. The molecule has 182 valence electrons. The molecule has 0 spiro atoms. The third kappa shape index (κ3) is 5.96. The van der Waals surface area contributed by atoms with Crippen LogP contribution in [0.3, 0.4) is 0 Å². The minimum atomic E-state index is -0.388. The zero-order valence-corrected chi connectivity index (χ0v) is 20.1. The lowest BCUT2D eigenvalue weighted by atomic mass is 10.0. The van der Waals surface area contributed by atoms with Crippen LogP contribution in [0.4, 0.5) is 11.5 Å². The van der Waals surface area contributed by atoms with Gasteiger partial charge >= 0.3 is 0 Å². The number of aliphatic imine (C=N–C) groups is 1. The van der Waals surface area contributed by atoms with Crippen molar-refractivity contribution in [2.75, 3.05) is 51.7 Å². The van der Waals surface area contributed by atoms with E-state index in [1.807, 2.05) is 42.5 Å². The fraction of sp³-hybridized carbons (Fsp3) is 0.370. The number of nitrogens with one attached hydrogen (secondary N) is 2. The number of hydrogen-bond acceptors (Lipinski definition) is 6. The number of hydrogen-bond donors (Lipinski definition) is 2. The van der Waals surface area contributed by atoms with Crippen molar-refractivity contribution in [1.82, 2.24) is 20.0 Å². The van der Waals surface area contributed by atoms with E-state index in [9.17, 15) is 4.79 Å². The molecule has 1 fully saturated rings. The van der Waals surface area contributed by atoms with Crippen LogP contribution in [0, 0.1) is 0 Å². The highest BCUT2D eigenvalue weighted by molar-refractivity contribution is 6.12. The molecule has 2 aliphatic rings. The number of carbonyl (C=O) groups is 1. The highest BCUT2D eigenvalue weighted by Crippen LogP contribution is 2.31. The van der Waals surface area contributed by atoms with Crippen molar-refractivity contribution in [2.24, 2.45) is 4.99 Å². The Bertz CT molecular complexity index is 1160. The van der Waals surface area contributed by atoms with Gasteiger partial charge < -0.3 is 19.9 Å². The fourth-order valence-corrected chi connectivity index (χ4v) is 4.51. The van der Waals surface area contributed by atoms with Crippen LogP contribution >= 0.6 is 0 Å². The molecule has 2 aromatic carbocycles. The van der Waals surface area contributed by atoms with Gasteiger partial charge in [0.1, 0.15) is 11.7 Å². The van der Waals surface area contributed by atoms with E-state index in [0.717, 1.165) is 80.4 Å². The second-order valence-electron chi connectivity index (χ2n) is 9.25. The van der Waals surface area contributed by atoms with Gasteiger partial charge in [-0.05, 0) is 42.8 Å². The van der Waals surface area contributed by atoms with Crippen LogP contribution in [0.15, 0.2) is 59.6 Å². The summed E-state index contributed by atoms with van der Waals surface area (Å²) in [6.07, 6.45) is 3.42. The molecule has 0 aliphatic carbocycles. The van der Waals surface area contributed by atoms with Crippen LogP contribution in [0.25, 0.3) is 0 Å².